The molecule has 3 fully saturated rings. The van der Waals surface area contributed by atoms with Gasteiger partial charge in [-0.25, -0.2) is 0 Å². The van der Waals surface area contributed by atoms with Gasteiger partial charge in [0.15, 0.2) is 0 Å². The minimum atomic E-state index is 0.357. The summed E-state index contributed by atoms with van der Waals surface area (Å²) in [6, 6.07) is 0.804. The smallest absolute Gasteiger partial charge is 0.0582 e. The lowest BCUT2D eigenvalue weighted by molar-refractivity contribution is -0.0390. The minimum Gasteiger partial charge on any atom is -0.381 e. The summed E-state index contributed by atoms with van der Waals surface area (Å²) in [5, 5.41) is 3.71. The Kier molecular flexibility index (Phi) is 3.69. The Hall–Kier alpha value is -0.120. The first-order valence-corrected chi connectivity index (χ1v) is 7.29. The number of hydrogen-bond acceptors (Lipinski definition) is 3. The fraction of sp³-hybridized carbons (Fsp3) is 1.00. The molecule has 0 aromatic carbocycles. The van der Waals surface area contributed by atoms with Gasteiger partial charge in [0.05, 0.1) is 12.7 Å². The first kappa shape index (κ1) is 11.9. The third-order valence-electron chi connectivity index (χ3n) is 4.43. The van der Waals surface area contributed by atoms with Crippen LogP contribution in [0.4, 0.5) is 0 Å². The zero-order valence-corrected chi connectivity index (χ0v) is 10.7. The summed E-state index contributed by atoms with van der Waals surface area (Å²) in [7, 11) is 0. The summed E-state index contributed by atoms with van der Waals surface area (Å²) in [5.74, 6) is 0. The molecular weight excluding hydrogens is 214 g/mol. The average Bonchev–Trinajstić information content (AvgIpc) is 3.06. The van der Waals surface area contributed by atoms with Crippen molar-refractivity contribution in [2.24, 2.45) is 5.41 Å². The molecule has 0 bridgehead atoms. The number of nitrogens with one attached hydrogen (secondary N) is 1. The van der Waals surface area contributed by atoms with Crippen LogP contribution in [-0.2, 0) is 9.47 Å². The van der Waals surface area contributed by atoms with Gasteiger partial charge >= 0.3 is 0 Å². The third kappa shape index (κ3) is 3.21. The summed E-state index contributed by atoms with van der Waals surface area (Å²) in [6.07, 6.45) is 9.48. The summed E-state index contributed by atoms with van der Waals surface area (Å²) in [4.78, 5) is 0. The Balaban J connectivity index is 1.56. The van der Waals surface area contributed by atoms with Gasteiger partial charge in [-0.2, -0.15) is 0 Å². The monoisotopic (exact) mass is 239 g/mol. The highest BCUT2D eigenvalue weighted by molar-refractivity contribution is 4.91. The maximum absolute atomic E-state index is 5.82. The van der Waals surface area contributed by atoms with Crippen LogP contribution in [0.1, 0.15) is 44.9 Å². The van der Waals surface area contributed by atoms with E-state index in [1.165, 1.54) is 44.9 Å². The van der Waals surface area contributed by atoms with E-state index in [1.807, 2.05) is 0 Å². The fourth-order valence-electron chi connectivity index (χ4n) is 3.22. The van der Waals surface area contributed by atoms with E-state index in [0.717, 1.165) is 32.4 Å². The lowest BCUT2D eigenvalue weighted by Crippen LogP contribution is -2.43. The van der Waals surface area contributed by atoms with Crippen molar-refractivity contribution in [2.45, 2.75) is 57.1 Å². The molecule has 2 aliphatic heterocycles. The highest BCUT2D eigenvalue weighted by atomic mass is 16.5. The van der Waals surface area contributed by atoms with Crippen molar-refractivity contribution < 1.29 is 9.47 Å². The number of rotatable bonds is 5. The highest BCUT2D eigenvalue weighted by Gasteiger charge is 2.37. The third-order valence-corrected chi connectivity index (χ3v) is 4.43. The van der Waals surface area contributed by atoms with Crippen molar-refractivity contribution in [2.75, 3.05) is 26.4 Å². The Labute approximate surface area is 104 Å². The molecular formula is C14H25NO2. The molecule has 3 rings (SSSR count). The molecule has 1 N–H and O–H groups in total. The van der Waals surface area contributed by atoms with E-state index >= 15 is 0 Å². The van der Waals surface area contributed by atoms with Crippen molar-refractivity contribution in [3.63, 3.8) is 0 Å². The van der Waals surface area contributed by atoms with Crippen LogP contribution in [0, 0.1) is 5.41 Å². The molecule has 3 heteroatoms. The predicted octanol–water partition coefficient (Wildman–Crippen LogP) is 2.10. The topological polar surface area (TPSA) is 30.5 Å². The normalized spacial score (nSPS) is 38.5. The van der Waals surface area contributed by atoms with Gasteiger partial charge in [-0.15, -0.1) is 0 Å². The quantitative estimate of drug-likeness (QED) is 0.797. The molecule has 98 valence electrons. The second kappa shape index (κ2) is 5.25. The summed E-state index contributed by atoms with van der Waals surface area (Å²) >= 11 is 0. The largest absolute Gasteiger partial charge is 0.381 e. The van der Waals surface area contributed by atoms with E-state index in [4.69, 9.17) is 9.47 Å². The lowest BCUT2D eigenvalue weighted by Gasteiger charge is -2.39. The molecule has 3 aliphatic rings. The molecule has 1 aliphatic carbocycles. The predicted molar refractivity (Wildman–Crippen MR) is 67.1 cm³/mol. The van der Waals surface area contributed by atoms with Gasteiger partial charge in [0.25, 0.3) is 0 Å². The van der Waals surface area contributed by atoms with Crippen LogP contribution in [0.3, 0.4) is 0 Å². The van der Waals surface area contributed by atoms with E-state index in [9.17, 15) is 0 Å². The minimum absolute atomic E-state index is 0.357. The van der Waals surface area contributed by atoms with Crippen LogP contribution in [0.2, 0.25) is 0 Å². The second-order valence-electron chi connectivity index (χ2n) is 6.15. The molecule has 0 amide bonds. The van der Waals surface area contributed by atoms with Gasteiger partial charge in [0.2, 0.25) is 0 Å². The van der Waals surface area contributed by atoms with Gasteiger partial charge in [0, 0.05) is 31.2 Å². The maximum atomic E-state index is 5.82. The molecule has 0 aromatic rings. The van der Waals surface area contributed by atoms with Crippen LogP contribution in [0.5, 0.6) is 0 Å². The summed E-state index contributed by atoms with van der Waals surface area (Å²) in [6.45, 7) is 4.00. The van der Waals surface area contributed by atoms with Crippen LogP contribution in [-0.4, -0.2) is 38.5 Å². The van der Waals surface area contributed by atoms with Gasteiger partial charge in [-0.1, -0.05) is 0 Å². The second-order valence-corrected chi connectivity index (χ2v) is 6.15. The average molecular weight is 239 g/mol. The fourth-order valence-corrected chi connectivity index (χ4v) is 3.22. The molecule has 0 radical (unpaired) electrons. The molecule has 2 unspecified atom stereocenters. The number of ether oxygens (including phenoxy) is 2. The van der Waals surface area contributed by atoms with Crippen LogP contribution in [0.15, 0.2) is 0 Å². The summed E-state index contributed by atoms with van der Waals surface area (Å²) < 4.78 is 11.6. The van der Waals surface area contributed by atoms with Crippen molar-refractivity contribution in [3.8, 4) is 0 Å². The molecule has 2 saturated heterocycles. The molecule has 2 heterocycles. The van der Waals surface area contributed by atoms with Crippen molar-refractivity contribution in [1.82, 2.24) is 5.32 Å². The SMILES string of the molecule is C1COC(CC2(CNC3CC3)CCCOC2)C1. The van der Waals surface area contributed by atoms with Gasteiger partial charge in [-0.3, -0.25) is 0 Å². The van der Waals surface area contributed by atoms with E-state index in [1.54, 1.807) is 0 Å². The Bertz CT molecular complexity index is 241. The Morgan fingerprint density at radius 2 is 2.06 bits per heavy atom. The zero-order valence-electron chi connectivity index (χ0n) is 10.7. The highest BCUT2D eigenvalue weighted by Crippen LogP contribution is 2.36. The molecule has 0 aromatic heterocycles. The van der Waals surface area contributed by atoms with E-state index in [-0.39, 0.29) is 0 Å². The Morgan fingerprint density at radius 3 is 2.71 bits per heavy atom. The van der Waals surface area contributed by atoms with Crippen molar-refractivity contribution >= 4 is 0 Å². The molecule has 0 spiro atoms. The number of hydrogen-bond donors (Lipinski definition) is 1. The van der Waals surface area contributed by atoms with Gasteiger partial charge in [0.1, 0.15) is 0 Å². The van der Waals surface area contributed by atoms with Crippen molar-refractivity contribution in [3.05, 3.63) is 0 Å². The maximum Gasteiger partial charge on any atom is 0.0582 e. The molecule has 3 nitrogen and oxygen atoms in total. The standard InChI is InChI=1S/C14H25NO2/c1-3-13(17-8-1)9-14(6-2-7-16-11-14)10-15-12-4-5-12/h12-13,15H,1-11H2. The van der Waals surface area contributed by atoms with E-state index < -0.39 is 0 Å². The van der Waals surface area contributed by atoms with Gasteiger partial charge < -0.3 is 14.8 Å². The molecule has 2 atom stereocenters. The zero-order chi connectivity index (χ0) is 11.6. The first-order valence-electron chi connectivity index (χ1n) is 7.29. The van der Waals surface area contributed by atoms with Crippen LogP contribution >= 0.6 is 0 Å². The van der Waals surface area contributed by atoms with Gasteiger partial charge in [-0.05, 0) is 44.9 Å². The molecule has 17 heavy (non-hydrogen) atoms. The van der Waals surface area contributed by atoms with E-state index in [0.29, 0.717) is 11.5 Å². The Morgan fingerprint density at radius 1 is 1.12 bits per heavy atom. The van der Waals surface area contributed by atoms with Crippen molar-refractivity contribution in [1.29, 1.82) is 0 Å². The first-order chi connectivity index (χ1) is 8.36. The summed E-state index contributed by atoms with van der Waals surface area (Å²) in [5.41, 5.74) is 0.357. The van der Waals surface area contributed by atoms with Crippen LogP contribution < -0.4 is 5.32 Å². The van der Waals surface area contributed by atoms with E-state index in [2.05, 4.69) is 5.32 Å². The van der Waals surface area contributed by atoms with Crippen LogP contribution in [0.25, 0.3) is 0 Å². The molecule has 1 saturated carbocycles. The lowest BCUT2D eigenvalue weighted by atomic mass is 9.77.